The smallest absolute Gasteiger partial charge is 0.192 e. The molecular weight excluding hydrogens is 284 g/mol. The zero-order valence-electron chi connectivity index (χ0n) is 14.8. The van der Waals surface area contributed by atoms with Gasteiger partial charge in [-0.15, -0.1) is 18.9 Å². The Balaban J connectivity index is 3.07. The van der Waals surface area contributed by atoms with Gasteiger partial charge in [0.2, 0.25) is 0 Å². The van der Waals surface area contributed by atoms with Gasteiger partial charge >= 0.3 is 0 Å². The SMILES string of the molecule is C#CCCC(C=C)(CO[Si](C)(C)C(C)(C)C)c1ccccc1. The highest BCUT2D eigenvalue weighted by Gasteiger charge is 2.40. The lowest BCUT2D eigenvalue weighted by molar-refractivity contribution is 0.220. The van der Waals surface area contributed by atoms with Crippen LogP contribution < -0.4 is 0 Å². The van der Waals surface area contributed by atoms with Gasteiger partial charge in [-0.25, -0.2) is 0 Å². The molecule has 2 heteroatoms. The summed E-state index contributed by atoms with van der Waals surface area (Å²) in [6.07, 6.45) is 9.11. The molecule has 0 saturated heterocycles. The van der Waals surface area contributed by atoms with E-state index in [0.717, 1.165) is 12.8 Å². The van der Waals surface area contributed by atoms with Crippen molar-refractivity contribution in [1.29, 1.82) is 0 Å². The maximum absolute atomic E-state index is 6.50. The number of hydrogen-bond donors (Lipinski definition) is 0. The van der Waals surface area contributed by atoms with Crippen LogP contribution in [0.15, 0.2) is 43.0 Å². The van der Waals surface area contributed by atoms with E-state index in [1.165, 1.54) is 5.56 Å². The molecule has 1 unspecified atom stereocenters. The van der Waals surface area contributed by atoms with Gasteiger partial charge < -0.3 is 4.43 Å². The lowest BCUT2D eigenvalue weighted by Gasteiger charge is -2.40. The Morgan fingerprint density at radius 3 is 2.27 bits per heavy atom. The predicted octanol–water partition coefficient (Wildman–Crippen LogP) is 5.55. The van der Waals surface area contributed by atoms with Crippen LogP contribution in [0.3, 0.4) is 0 Å². The van der Waals surface area contributed by atoms with Crippen molar-refractivity contribution in [3.63, 3.8) is 0 Å². The minimum Gasteiger partial charge on any atom is -0.416 e. The third-order valence-corrected chi connectivity index (χ3v) is 9.43. The minimum atomic E-state index is -1.80. The summed E-state index contributed by atoms with van der Waals surface area (Å²) >= 11 is 0. The molecule has 0 radical (unpaired) electrons. The summed E-state index contributed by atoms with van der Waals surface area (Å²) in [6, 6.07) is 10.5. The van der Waals surface area contributed by atoms with Crippen LogP contribution in [0.25, 0.3) is 0 Å². The number of benzene rings is 1. The van der Waals surface area contributed by atoms with Crippen molar-refractivity contribution in [1.82, 2.24) is 0 Å². The maximum atomic E-state index is 6.50. The first-order chi connectivity index (χ1) is 10.2. The fourth-order valence-corrected chi connectivity index (χ4v) is 3.22. The topological polar surface area (TPSA) is 9.23 Å². The molecule has 0 aliphatic rings. The first kappa shape index (κ1) is 18.7. The molecule has 120 valence electrons. The largest absolute Gasteiger partial charge is 0.416 e. The summed E-state index contributed by atoms with van der Waals surface area (Å²) in [5, 5.41) is 0.197. The third kappa shape index (κ3) is 4.35. The second-order valence-electron chi connectivity index (χ2n) is 7.48. The van der Waals surface area contributed by atoms with E-state index in [2.05, 4.69) is 70.6 Å². The zero-order chi connectivity index (χ0) is 16.9. The van der Waals surface area contributed by atoms with Crippen molar-refractivity contribution in [3.05, 3.63) is 48.6 Å². The zero-order valence-corrected chi connectivity index (χ0v) is 15.8. The molecule has 0 bridgehead atoms. The van der Waals surface area contributed by atoms with Crippen molar-refractivity contribution in [2.24, 2.45) is 0 Å². The molecule has 0 fully saturated rings. The Labute approximate surface area is 137 Å². The van der Waals surface area contributed by atoms with Crippen molar-refractivity contribution in [2.45, 2.75) is 57.2 Å². The standard InChI is InChI=1S/C20H30OSi/c1-8-10-16-20(9-2,18-14-12-11-13-15-18)17-21-22(6,7)19(3,4)5/h1,9,11-15H,2,10,16-17H2,3-7H3. The molecule has 0 heterocycles. The number of hydrogen-bond acceptors (Lipinski definition) is 1. The highest BCUT2D eigenvalue weighted by atomic mass is 28.4. The van der Waals surface area contributed by atoms with Crippen molar-refractivity contribution < 1.29 is 4.43 Å². The molecule has 22 heavy (non-hydrogen) atoms. The van der Waals surface area contributed by atoms with Crippen LogP contribution in [0.4, 0.5) is 0 Å². The van der Waals surface area contributed by atoms with Crippen LogP contribution >= 0.6 is 0 Å². The molecule has 0 spiro atoms. The van der Waals surface area contributed by atoms with Gasteiger partial charge in [-0.05, 0) is 30.1 Å². The lowest BCUT2D eigenvalue weighted by Crippen LogP contribution is -2.44. The minimum absolute atomic E-state index is 0.197. The first-order valence-corrected chi connectivity index (χ1v) is 10.9. The van der Waals surface area contributed by atoms with E-state index >= 15 is 0 Å². The average Bonchev–Trinajstić information content (AvgIpc) is 2.48. The number of rotatable bonds is 7. The second kappa shape index (κ2) is 7.31. The monoisotopic (exact) mass is 314 g/mol. The number of terminal acetylenes is 1. The quantitative estimate of drug-likeness (QED) is 0.364. The van der Waals surface area contributed by atoms with E-state index in [1.54, 1.807) is 0 Å². The van der Waals surface area contributed by atoms with Gasteiger partial charge in [0.25, 0.3) is 0 Å². The first-order valence-electron chi connectivity index (χ1n) is 7.95. The van der Waals surface area contributed by atoms with E-state index in [4.69, 9.17) is 10.8 Å². The Morgan fingerprint density at radius 1 is 1.23 bits per heavy atom. The molecule has 0 N–H and O–H groups in total. The fraction of sp³-hybridized carbons (Fsp3) is 0.500. The van der Waals surface area contributed by atoms with Gasteiger partial charge in [0.15, 0.2) is 8.32 Å². The van der Waals surface area contributed by atoms with Crippen molar-refractivity contribution in [2.75, 3.05) is 6.61 Å². The highest BCUT2D eigenvalue weighted by molar-refractivity contribution is 6.74. The van der Waals surface area contributed by atoms with E-state index in [0.29, 0.717) is 6.61 Å². The van der Waals surface area contributed by atoms with E-state index < -0.39 is 8.32 Å². The van der Waals surface area contributed by atoms with Crippen molar-refractivity contribution >= 4 is 8.32 Å². The van der Waals surface area contributed by atoms with Crippen molar-refractivity contribution in [3.8, 4) is 12.3 Å². The molecule has 1 aromatic rings. The van der Waals surface area contributed by atoms with Crippen LogP contribution in [-0.2, 0) is 9.84 Å². The maximum Gasteiger partial charge on any atom is 0.192 e. The van der Waals surface area contributed by atoms with Gasteiger partial charge in [-0.1, -0.05) is 57.2 Å². The Hall–Kier alpha value is -1.30. The van der Waals surface area contributed by atoms with Crippen LogP contribution in [0.2, 0.25) is 18.1 Å². The van der Waals surface area contributed by atoms with Crippen LogP contribution in [0.5, 0.6) is 0 Å². The van der Waals surface area contributed by atoms with E-state index in [1.807, 2.05) is 12.1 Å². The molecular formula is C20H30OSi. The molecule has 0 aromatic heterocycles. The molecule has 1 aromatic carbocycles. The molecule has 1 rings (SSSR count). The summed E-state index contributed by atoms with van der Waals surface area (Å²) in [6.45, 7) is 16.1. The van der Waals surface area contributed by atoms with E-state index in [-0.39, 0.29) is 10.5 Å². The molecule has 0 aliphatic carbocycles. The van der Waals surface area contributed by atoms with E-state index in [9.17, 15) is 0 Å². The molecule has 0 amide bonds. The summed E-state index contributed by atoms with van der Waals surface area (Å²) in [7, 11) is -1.80. The molecule has 1 atom stereocenters. The van der Waals surface area contributed by atoms with Crippen LogP contribution in [0.1, 0.15) is 39.2 Å². The van der Waals surface area contributed by atoms with Crippen LogP contribution in [-0.4, -0.2) is 14.9 Å². The Morgan fingerprint density at radius 2 is 1.82 bits per heavy atom. The molecule has 1 nitrogen and oxygen atoms in total. The van der Waals surface area contributed by atoms with Gasteiger partial charge in [-0.3, -0.25) is 0 Å². The van der Waals surface area contributed by atoms with Gasteiger partial charge in [0, 0.05) is 18.4 Å². The van der Waals surface area contributed by atoms with Crippen LogP contribution in [0, 0.1) is 12.3 Å². The van der Waals surface area contributed by atoms with Gasteiger partial charge in [-0.2, -0.15) is 0 Å². The van der Waals surface area contributed by atoms with Gasteiger partial charge in [0.05, 0.1) is 0 Å². The summed E-state index contributed by atoms with van der Waals surface area (Å²) < 4.78 is 6.50. The Kier molecular flexibility index (Phi) is 6.23. The lowest BCUT2D eigenvalue weighted by atomic mass is 9.77. The fourth-order valence-electron chi connectivity index (χ4n) is 2.17. The molecule has 0 aliphatic heterocycles. The Bertz CT molecular complexity index is 519. The second-order valence-corrected chi connectivity index (χ2v) is 12.3. The third-order valence-electron chi connectivity index (χ3n) is 4.95. The van der Waals surface area contributed by atoms with Gasteiger partial charge in [0.1, 0.15) is 0 Å². The predicted molar refractivity (Wildman–Crippen MR) is 99.5 cm³/mol. The highest BCUT2D eigenvalue weighted by Crippen LogP contribution is 2.39. The normalized spacial score (nSPS) is 14.9. The summed E-state index contributed by atoms with van der Waals surface area (Å²) in [4.78, 5) is 0. The summed E-state index contributed by atoms with van der Waals surface area (Å²) in [5.74, 6) is 2.76. The summed E-state index contributed by atoms with van der Waals surface area (Å²) in [5.41, 5.74) is 1.03. The molecule has 0 saturated carbocycles. The average molecular weight is 315 g/mol.